The molecule has 0 saturated carbocycles. The topological polar surface area (TPSA) is 32.3 Å². The lowest BCUT2D eigenvalue weighted by Gasteiger charge is -2.32. The Hall–Kier alpha value is -0.570. The molecule has 1 rings (SSSR count). The first kappa shape index (κ1) is 14.5. The third-order valence-electron chi connectivity index (χ3n) is 3.52. The molecule has 3 nitrogen and oxygen atoms in total. The number of carbonyl (C=O) groups is 1. The van der Waals surface area contributed by atoms with Gasteiger partial charge in [0.2, 0.25) is 5.91 Å². The lowest BCUT2D eigenvalue weighted by atomic mass is 10.0. The molecular weight excluding hydrogens is 212 g/mol. The zero-order valence-electron chi connectivity index (χ0n) is 11.7. The summed E-state index contributed by atoms with van der Waals surface area (Å²) >= 11 is 0. The third kappa shape index (κ3) is 4.66. The van der Waals surface area contributed by atoms with Gasteiger partial charge in [0.1, 0.15) is 0 Å². The first-order chi connectivity index (χ1) is 8.16. The minimum absolute atomic E-state index is 0.0766. The predicted molar refractivity (Wildman–Crippen MR) is 72.0 cm³/mol. The number of nitrogens with one attached hydrogen (secondary N) is 1. The second-order valence-electron chi connectivity index (χ2n) is 5.33. The van der Waals surface area contributed by atoms with E-state index in [1.54, 1.807) is 0 Å². The highest BCUT2D eigenvalue weighted by molar-refractivity contribution is 5.82. The predicted octanol–water partition coefficient (Wildman–Crippen LogP) is 2.56. The van der Waals surface area contributed by atoms with E-state index in [4.69, 9.17) is 0 Å². The fourth-order valence-electron chi connectivity index (χ4n) is 2.42. The van der Waals surface area contributed by atoms with Crippen molar-refractivity contribution in [1.29, 1.82) is 0 Å². The number of hydrogen-bond acceptors (Lipinski definition) is 2. The van der Waals surface area contributed by atoms with E-state index in [9.17, 15) is 4.79 Å². The van der Waals surface area contributed by atoms with Crippen molar-refractivity contribution in [2.45, 2.75) is 71.4 Å². The molecule has 1 atom stereocenters. The van der Waals surface area contributed by atoms with Crippen molar-refractivity contribution >= 4 is 5.91 Å². The molecule has 0 aromatic heterocycles. The molecule has 1 aliphatic rings. The standard InChI is InChI=1S/C14H28N2O/c1-4-5-8-11-16(12(2)3)14(17)13-9-6-7-10-15-13/h12-13,15H,4-11H2,1-3H3/t13-/m0/s1. The molecule has 0 aromatic rings. The maximum atomic E-state index is 12.4. The smallest absolute Gasteiger partial charge is 0.239 e. The Balaban J connectivity index is 2.46. The number of amides is 1. The molecule has 0 spiro atoms. The van der Waals surface area contributed by atoms with Gasteiger partial charge in [-0.25, -0.2) is 0 Å². The Morgan fingerprint density at radius 1 is 1.35 bits per heavy atom. The van der Waals surface area contributed by atoms with E-state index in [0.29, 0.717) is 11.9 Å². The molecular formula is C14H28N2O. The minimum atomic E-state index is 0.0766. The first-order valence-corrected chi connectivity index (χ1v) is 7.20. The molecule has 1 fully saturated rings. The zero-order chi connectivity index (χ0) is 12.7. The van der Waals surface area contributed by atoms with Crippen LogP contribution in [0.5, 0.6) is 0 Å². The maximum Gasteiger partial charge on any atom is 0.239 e. The van der Waals surface area contributed by atoms with Crippen LogP contribution in [0.25, 0.3) is 0 Å². The van der Waals surface area contributed by atoms with Crippen molar-refractivity contribution < 1.29 is 4.79 Å². The van der Waals surface area contributed by atoms with Crippen molar-refractivity contribution in [1.82, 2.24) is 10.2 Å². The average Bonchev–Trinajstić information content (AvgIpc) is 2.34. The summed E-state index contributed by atoms with van der Waals surface area (Å²) in [6.45, 7) is 8.35. The van der Waals surface area contributed by atoms with Gasteiger partial charge in [0.25, 0.3) is 0 Å². The summed E-state index contributed by atoms with van der Waals surface area (Å²) in [7, 11) is 0. The number of carbonyl (C=O) groups excluding carboxylic acids is 1. The van der Waals surface area contributed by atoms with Crippen LogP contribution in [0.15, 0.2) is 0 Å². The van der Waals surface area contributed by atoms with Crippen molar-refractivity contribution in [2.75, 3.05) is 13.1 Å². The molecule has 3 heteroatoms. The van der Waals surface area contributed by atoms with Gasteiger partial charge in [-0.15, -0.1) is 0 Å². The fraction of sp³-hybridized carbons (Fsp3) is 0.929. The van der Waals surface area contributed by atoms with E-state index in [1.807, 2.05) is 0 Å². The molecule has 0 aromatic carbocycles. The van der Waals surface area contributed by atoms with Gasteiger partial charge in [0.05, 0.1) is 6.04 Å². The van der Waals surface area contributed by atoms with Crippen LogP contribution >= 0.6 is 0 Å². The Morgan fingerprint density at radius 2 is 2.12 bits per heavy atom. The third-order valence-corrected chi connectivity index (χ3v) is 3.52. The Morgan fingerprint density at radius 3 is 2.65 bits per heavy atom. The van der Waals surface area contributed by atoms with Gasteiger partial charge in [0.15, 0.2) is 0 Å². The number of hydrogen-bond donors (Lipinski definition) is 1. The normalized spacial score (nSPS) is 20.6. The van der Waals surface area contributed by atoms with E-state index in [1.165, 1.54) is 25.7 Å². The molecule has 0 unspecified atom stereocenters. The number of piperidine rings is 1. The largest absolute Gasteiger partial charge is 0.339 e. The summed E-state index contributed by atoms with van der Waals surface area (Å²) in [6, 6.07) is 0.399. The maximum absolute atomic E-state index is 12.4. The summed E-state index contributed by atoms with van der Waals surface area (Å²) in [6.07, 6.45) is 6.96. The van der Waals surface area contributed by atoms with Crippen LogP contribution in [0.1, 0.15) is 59.3 Å². The number of nitrogens with zero attached hydrogens (tertiary/aromatic N) is 1. The van der Waals surface area contributed by atoms with Gasteiger partial charge < -0.3 is 10.2 Å². The van der Waals surface area contributed by atoms with Gasteiger partial charge in [-0.3, -0.25) is 4.79 Å². The highest BCUT2D eigenvalue weighted by Gasteiger charge is 2.26. The summed E-state index contributed by atoms with van der Waals surface area (Å²) in [5.41, 5.74) is 0. The van der Waals surface area contributed by atoms with Gasteiger partial charge >= 0.3 is 0 Å². The van der Waals surface area contributed by atoms with E-state index < -0.39 is 0 Å². The Kier molecular flexibility index (Phi) is 6.56. The van der Waals surface area contributed by atoms with Gasteiger partial charge in [-0.2, -0.15) is 0 Å². The van der Waals surface area contributed by atoms with Gasteiger partial charge in [0, 0.05) is 12.6 Å². The SMILES string of the molecule is CCCCCN(C(=O)[C@@H]1CCCCN1)C(C)C. The second-order valence-corrected chi connectivity index (χ2v) is 5.33. The van der Waals surface area contributed by atoms with E-state index in [2.05, 4.69) is 31.0 Å². The van der Waals surface area contributed by atoms with Crippen LogP contribution in [0, 0.1) is 0 Å². The highest BCUT2D eigenvalue weighted by Crippen LogP contribution is 2.13. The molecule has 0 bridgehead atoms. The van der Waals surface area contributed by atoms with Crippen LogP contribution in [0.2, 0.25) is 0 Å². The van der Waals surface area contributed by atoms with E-state index >= 15 is 0 Å². The second kappa shape index (κ2) is 7.70. The van der Waals surface area contributed by atoms with Crippen LogP contribution in [-0.2, 0) is 4.79 Å². The number of rotatable bonds is 6. The van der Waals surface area contributed by atoms with Crippen LogP contribution < -0.4 is 5.32 Å². The van der Waals surface area contributed by atoms with Crippen molar-refractivity contribution in [3.63, 3.8) is 0 Å². The van der Waals surface area contributed by atoms with Crippen LogP contribution in [0.3, 0.4) is 0 Å². The summed E-state index contributed by atoms with van der Waals surface area (Å²) in [5, 5.41) is 3.35. The Bertz CT molecular complexity index is 222. The minimum Gasteiger partial charge on any atom is -0.339 e. The average molecular weight is 240 g/mol. The lowest BCUT2D eigenvalue weighted by Crippen LogP contribution is -2.51. The zero-order valence-corrected chi connectivity index (χ0v) is 11.7. The summed E-state index contributed by atoms with van der Waals surface area (Å²) in [4.78, 5) is 14.5. The highest BCUT2D eigenvalue weighted by atomic mass is 16.2. The van der Waals surface area contributed by atoms with Crippen molar-refractivity contribution in [3.8, 4) is 0 Å². The molecule has 100 valence electrons. The molecule has 1 amide bonds. The molecule has 1 aliphatic heterocycles. The molecule has 1 N–H and O–H groups in total. The Labute approximate surface area is 106 Å². The summed E-state index contributed by atoms with van der Waals surface area (Å²) < 4.78 is 0. The van der Waals surface area contributed by atoms with Gasteiger partial charge in [-0.05, 0) is 39.7 Å². The molecule has 0 aliphatic carbocycles. The van der Waals surface area contributed by atoms with E-state index in [-0.39, 0.29) is 6.04 Å². The molecule has 0 radical (unpaired) electrons. The quantitative estimate of drug-likeness (QED) is 0.724. The van der Waals surface area contributed by atoms with Gasteiger partial charge in [-0.1, -0.05) is 26.2 Å². The molecule has 1 saturated heterocycles. The monoisotopic (exact) mass is 240 g/mol. The first-order valence-electron chi connectivity index (χ1n) is 7.20. The lowest BCUT2D eigenvalue weighted by molar-refractivity contribution is -0.135. The van der Waals surface area contributed by atoms with Crippen LogP contribution in [0.4, 0.5) is 0 Å². The fourth-order valence-corrected chi connectivity index (χ4v) is 2.42. The number of unbranched alkanes of at least 4 members (excludes halogenated alkanes) is 2. The van der Waals surface area contributed by atoms with Crippen LogP contribution in [-0.4, -0.2) is 36.0 Å². The van der Waals surface area contributed by atoms with Crippen molar-refractivity contribution in [2.24, 2.45) is 0 Å². The van der Waals surface area contributed by atoms with E-state index in [0.717, 1.165) is 25.9 Å². The molecule has 1 heterocycles. The summed E-state index contributed by atoms with van der Waals surface area (Å²) in [5.74, 6) is 0.316. The van der Waals surface area contributed by atoms with Crippen molar-refractivity contribution in [3.05, 3.63) is 0 Å². The molecule has 17 heavy (non-hydrogen) atoms.